The third kappa shape index (κ3) is 2.61. The second kappa shape index (κ2) is 5.54. The van der Waals surface area contributed by atoms with E-state index in [0.717, 1.165) is 0 Å². The van der Waals surface area contributed by atoms with Gasteiger partial charge in [-0.3, -0.25) is 9.35 Å². The van der Waals surface area contributed by atoms with Crippen molar-refractivity contribution in [3.63, 3.8) is 0 Å². The molecule has 0 bridgehead atoms. The molecule has 2 aromatic carbocycles. The Kier molecular flexibility index (Phi) is 3.45. The molecule has 0 amide bonds. The molecule has 0 unspecified atom stereocenters. The Morgan fingerprint density at radius 2 is 1.56 bits per heavy atom. The molecule has 0 fully saturated rings. The summed E-state index contributed by atoms with van der Waals surface area (Å²) in [5, 5.41) is 0.685. The van der Waals surface area contributed by atoms with Crippen LogP contribution in [0, 0.1) is 0 Å². The zero-order valence-corrected chi connectivity index (χ0v) is 13.7. The summed E-state index contributed by atoms with van der Waals surface area (Å²) < 4.78 is 39.1. The molecular formula is C19H12O5S. The van der Waals surface area contributed by atoms with Crippen molar-refractivity contribution in [2.45, 2.75) is 4.90 Å². The summed E-state index contributed by atoms with van der Waals surface area (Å²) in [5.74, 6) is 0.353. The van der Waals surface area contributed by atoms with E-state index >= 15 is 0 Å². The predicted octanol–water partition coefficient (Wildman–Crippen LogP) is 3.81. The molecule has 0 spiro atoms. The van der Waals surface area contributed by atoms with Crippen LogP contribution in [0.1, 0.15) is 0 Å². The highest BCUT2D eigenvalue weighted by atomic mass is 32.2. The van der Waals surface area contributed by atoms with Crippen molar-refractivity contribution < 1.29 is 17.4 Å². The molecular weight excluding hydrogens is 340 g/mol. The van der Waals surface area contributed by atoms with Gasteiger partial charge in [-0.2, -0.15) is 8.42 Å². The van der Waals surface area contributed by atoms with Crippen molar-refractivity contribution in [3.05, 3.63) is 77.0 Å². The van der Waals surface area contributed by atoms with Crippen LogP contribution in [0.5, 0.6) is 0 Å². The van der Waals surface area contributed by atoms with Gasteiger partial charge in [0.1, 0.15) is 16.2 Å². The van der Waals surface area contributed by atoms with Gasteiger partial charge < -0.3 is 4.42 Å². The van der Waals surface area contributed by atoms with Gasteiger partial charge >= 0.3 is 0 Å². The van der Waals surface area contributed by atoms with Gasteiger partial charge in [-0.05, 0) is 24.3 Å². The molecule has 1 heterocycles. The molecule has 6 heteroatoms. The van der Waals surface area contributed by atoms with Crippen molar-refractivity contribution in [1.82, 2.24) is 0 Å². The first-order valence-electron chi connectivity index (χ1n) is 7.48. The Morgan fingerprint density at radius 3 is 2.36 bits per heavy atom. The Hall–Kier alpha value is -2.96. The fourth-order valence-corrected chi connectivity index (χ4v) is 3.71. The van der Waals surface area contributed by atoms with Crippen LogP contribution in [0.25, 0.3) is 33.4 Å². The molecule has 2 aliphatic rings. The highest BCUT2D eigenvalue weighted by Crippen LogP contribution is 2.41. The maximum atomic E-state index is 11.8. The molecule has 0 radical (unpaired) electrons. The lowest BCUT2D eigenvalue weighted by atomic mass is 9.94. The van der Waals surface area contributed by atoms with E-state index in [4.69, 9.17) is 4.42 Å². The first-order chi connectivity index (χ1) is 11.9. The zero-order valence-electron chi connectivity index (χ0n) is 12.8. The van der Waals surface area contributed by atoms with Gasteiger partial charge in [0.25, 0.3) is 10.1 Å². The molecule has 0 atom stereocenters. The van der Waals surface area contributed by atoms with E-state index in [1.807, 2.05) is 6.07 Å². The maximum absolute atomic E-state index is 11.8. The SMILES string of the molecule is O=c1ccc2c(-c3ccccc3S(=O)(=O)O)c3ccccc3oc-2c1. The normalized spacial score (nSPS) is 11.9. The average Bonchev–Trinajstić information content (AvgIpc) is 2.59. The van der Waals surface area contributed by atoms with E-state index in [-0.39, 0.29) is 10.3 Å². The van der Waals surface area contributed by atoms with Crippen LogP contribution in [0.3, 0.4) is 0 Å². The molecule has 0 saturated heterocycles. The van der Waals surface area contributed by atoms with Gasteiger partial charge in [0.05, 0.1) is 0 Å². The molecule has 25 heavy (non-hydrogen) atoms. The molecule has 0 aromatic heterocycles. The third-order valence-corrected chi connectivity index (χ3v) is 4.94. The maximum Gasteiger partial charge on any atom is 0.295 e. The van der Waals surface area contributed by atoms with E-state index in [1.54, 1.807) is 42.5 Å². The average molecular weight is 352 g/mol. The van der Waals surface area contributed by atoms with Crippen LogP contribution in [0.2, 0.25) is 0 Å². The van der Waals surface area contributed by atoms with Gasteiger partial charge in [0.15, 0.2) is 5.43 Å². The monoisotopic (exact) mass is 352 g/mol. The second-order valence-electron chi connectivity index (χ2n) is 5.60. The summed E-state index contributed by atoms with van der Waals surface area (Å²) in [5.41, 5.74) is 1.83. The summed E-state index contributed by atoms with van der Waals surface area (Å²) in [6.45, 7) is 0. The van der Waals surface area contributed by atoms with Crippen molar-refractivity contribution in [1.29, 1.82) is 0 Å². The summed E-state index contributed by atoms with van der Waals surface area (Å²) in [6.07, 6.45) is 0. The molecule has 124 valence electrons. The topological polar surface area (TPSA) is 84.6 Å². The van der Waals surface area contributed by atoms with Crippen LogP contribution in [-0.2, 0) is 10.1 Å². The summed E-state index contributed by atoms with van der Waals surface area (Å²) >= 11 is 0. The molecule has 1 aliphatic carbocycles. The van der Waals surface area contributed by atoms with Crippen molar-refractivity contribution in [2.75, 3.05) is 0 Å². The molecule has 4 rings (SSSR count). The lowest BCUT2D eigenvalue weighted by Crippen LogP contribution is -2.03. The summed E-state index contributed by atoms with van der Waals surface area (Å²) in [6, 6.07) is 17.7. The Morgan fingerprint density at radius 1 is 0.840 bits per heavy atom. The summed E-state index contributed by atoms with van der Waals surface area (Å²) in [7, 11) is -4.42. The number of hydrogen-bond acceptors (Lipinski definition) is 4. The molecule has 2 aromatic rings. The third-order valence-electron chi connectivity index (χ3n) is 4.03. The minimum absolute atomic E-state index is 0.196. The van der Waals surface area contributed by atoms with Crippen LogP contribution >= 0.6 is 0 Å². The van der Waals surface area contributed by atoms with E-state index in [0.29, 0.717) is 33.4 Å². The Balaban J connectivity index is 2.24. The molecule has 1 N–H and O–H groups in total. The number of para-hydroxylation sites is 1. The number of fused-ring (bicyclic) bond motifs is 2. The highest BCUT2D eigenvalue weighted by molar-refractivity contribution is 7.86. The largest absolute Gasteiger partial charge is 0.456 e. The molecule has 1 aliphatic heterocycles. The van der Waals surface area contributed by atoms with Gasteiger partial charge in [0.2, 0.25) is 0 Å². The fraction of sp³-hybridized carbons (Fsp3) is 0. The van der Waals surface area contributed by atoms with Crippen molar-refractivity contribution in [3.8, 4) is 22.5 Å². The summed E-state index contributed by atoms with van der Waals surface area (Å²) in [4.78, 5) is 11.5. The van der Waals surface area contributed by atoms with Crippen molar-refractivity contribution >= 4 is 21.1 Å². The predicted molar refractivity (Wildman–Crippen MR) is 94.4 cm³/mol. The first kappa shape index (κ1) is 15.6. The lowest BCUT2D eigenvalue weighted by Gasteiger charge is -2.16. The van der Waals surface area contributed by atoms with Gasteiger partial charge in [0, 0.05) is 28.1 Å². The van der Waals surface area contributed by atoms with E-state index in [1.165, 1.54) is 18.2 Å². The van der Waals surface area contributed by atoms with Crippen LogP contribution in [0.15, 0.2) is 80.8 Å². The smallest absolute Gasteiger partial charge is 0.295 e. The van der Waals surface area contributed by atoms with Crippen molar-refractivity contribution in [2.24, 2.45) is 0 Å². The molecule has 5 nitrogen and oxygen atoms in total. The number of hydrogen-bond donors (Lipinski definition) is 1. The van der Waals surface area contributed by atoms with Crippen LogP contribution in [-0.4, -0.2) is 13.0 Å². The van der Waals surface area contributed by atoms with Gasteiger partial charge in [-0.1, -0.05) is 36.4 Å². The Bertz CT molecular complexity index is 1240. The number of benzene rings is 3. The highest BCUT2D eigenvalue weighted by Gasteiger charge is 2.22. The van der Waals surface area contributed by atoms with Gasteiger partial charge in [-0.15, -0.1) is 0 Å². The minimum atomic E-state index is -4.42. The fourth-order valence-electron chi connectivity index (χ4n) is 3.01. The van der Waals surface area contributed by atoms with E-state index in [2.05, 4.69) is 0 Å². The molecule has 0 saturated carbocycles. The van der Waals surface area contributed by atoms with Crippen LogP contribution < -0.4 is 5.43 Å². The number of rotatable bonds is 2. The first-order valence-corrected chi connectivity index (χ1v) is 8.92. The minimum Gasteiger partial charge on any atom is -0.456 e. The zero-order chi connectivity index (χ0) is 17.6. The second-order valence-corrected chi connectivity index (χ2v) is 6.99. The quantitative estimate of drug-likeness (QED) is 0.438. The Labute approximate surface area is 143 Å². The lowest BCUT2D eigenvalue weighted by molar-refractivity contribution is 0.483. The van der Waals surface area contributed by atoms with Crippen LogP contribution in [0.4, 0.5) is 0 Å². The van der Waals surface area contributed by atoms with Gasteiger partial charge in [-0.25, -0.2) is 0 Å². The van der Waals surface area contributed by atoms with E-state index in [9.17, 15) is 17.8 Å². The standard InChI is InChI=1S/C19H12O5S/c20-12-9-10-14-17(11-12)24-16-7-3-1-5-13(16)19(14)15-6-2-4-8-18(15)25(21,22)23/h1-11H,(H,21,22,23). The van der Waals surface area contributed by atoms with E-state index < -0.39 is 10.1 Å².